The molecule has 4 atom stereocenters. The minimum absolute atomic E-state index is 0.123. The average molecular weight is 286 g/mol. The number of anilines is 1. The van der Waals surface area contributed by atoms with Crippen molar-refractivity contribution in [2.45, 2.75) is 32.6 Å². The quantitative estimate of drug-likeness (QED) is 0.914. The van der Waals surface area contributed by atoms with Gasteiger partial charge in [-0.2, -0.15) is 0 Å². The van der Waals surface area contributed by atoms with Gasteiger partial charge in [0.15, 0.2) is 0 Å². The molecule has 2 saturated carbocycles. The normalized spacial score (nSPS) is 30.3. The van der Waals surface area contributed by atoms with Gasteiger partial charge >= 0.3 is 0 Å². The molecule has 2 aliphatic carbocycles. The Labute approximate surface area is 124 Å². The van der Waals surface area contributed by atoms with Crippen LogP contribution in [0.3, 0.4) is 0 Å². The van der Waals surface area contributed by atoms with Gasteiger partial charge in [-0.1, -0.05) is 19.1 Å². The molecule has 0 spiro atoms. The zero-order valence-corrected chi connectivity index (χ0v) is 12.2. The first-order valence-electron chi connectivity index (χ1n) is 7.70. The number of nitrogens with one attached hydrogen (secondary N) is 1. The molecule has 2 bridgehead atoms. The highest BCUT2D eigenvalue weighted by atomic mass is 16.4. The molecule has 2 fully saturated rings. The zero-order chi connectivity index (χ0) is 15.0. The Bertz CT molecular complexity index is 552. The zero-order valence-electron chi connectivity index (χ0n) is 12.2. The van der Waals surface area contributed by atoms with Crippen LogP contribution in [0.5, 0.6) is 0 Å². The first kappa shape index (κ1) is 14.1. The van der Waals surface area contributed by atoms with Crippen molar-refractivity contribution in [2.24, 2.45) is 23.7 Å². The number of fused-ring (bicyclic) bond motifs is 2. The van der Waals surface area contributed by atoms with E-state index in [0.717, 1.165) is 31.4 Å². The number of carbonyl (C=O) groups is 2. The number of rotatable bonds is 4. The van der Waals surface area contributed by atoms with Gasteiger partial charge in [0.1, 0.15) is 0 Å². The van der Waals surface area contributed by atoms with Gasteiger partial charge < -0.3 is 15.2 Å². The summed E-state index contributed by atoms with van der Waals surface area (Å²) in [7, 11) is 0. The summed E-state index contributed by atoms with van der Waals surface area (Å²) in [6, 6.07) is 7.70. The average Bonchev–Trinajstić information content (AvgIpc) is 3.08. The third kappa shape index (κ3) is 2.55. The number of benzene rings is 1. The van der Waals surface area contributed by atoms with Crippen molar-refractivity contribution >= 4 is 17.6 Å². The van der Waals surface area contributed by atoms with E-state index in [4.69, 9.17) is 0 Å². The maximum atomic E-state index is 12.5. The second kappa shape index (κ2) is 5.51. The van der Waals surface area contributed by atoms with Gasteiger partial charge in [0, 0.05) is 23.5 Å². The van der Waals surface area contributed by atoms with Crippen molar-refractivity contribution < 1.29 is 14.7 Å². The van der Waals surface area contributed by atoms with Crippen molar-refractivity contribution in [3.05, 3.63) is 29.8 Å². The number of aryl methyl sites for hydroxylation is 1. The molecular formula is C17H20NO3-. The van der Waals surface area contributed by atoms with Gasteiger partial charge in [0.05, 0.1) is 0 Å². The summed E-state index contributed by atoms with van der Waals surface area (Å²) < 4.78 is 0. The highest BCUT2D eigenvalue weighted by Crippen LogP contribution is 2.52. The minimum Gasteiger partial charge on any atom is -0.550 e. The Morgan fingerprint density at radius 2 is 1.76 bits per heavy atom. The van der Waals surface area contributed by atoms with E-state index in [0.29, 0.717) is 0 Å². The molecule has 0 saturated heterocycles. The van der Waals surface area contributed by atoms with E-state index in [2.05, 4.69) is 12.2 Å². The summed E-state index contributed by atoms with van der Waals surface area (Å²) in [5.41, 5.74) is 1.94. The fraction of sp³-hybridized carbons (Fsp3) is 0.529. The molecule has 112 valence electrons. The topological polar surface area (TPSA) is 69.2 Å². The molecule has 3 rings (SSSR count). The number of hydrogen-bond acceptors (Lipinski definition) is 3. The van der Waals surface area contributed by atoms with Crippen molar-refractivity contribution in [2.75, 3.05) is 5.32 Å². The molecule has 0 radical (unpaired) electrons. The lowest BCUT2D eigenvalue weighted by atomic mass is 9.78. The van der Waals surface area contributed by atoms with Gasteiger partial charge in [0.25, 0.3) is 0 Å². The van der Waals surface area contributed by atoms with Crippen LogP contribution in [0.1, 0.15) is 31.7 Å². The number of amides is 1. The summed E-state index contributed by atoms with van der Waals surface area (Å²) >= 11 is 0. The van der Waals surface area contributed by atoms with Crippen LogP contribution in [0.25, 0.3) is 0 Å². The Morgan fingerprint density at radius 3 is 2.33 bits per heavy atom. The number of hydrogen-bond donors (Lipinski definition) is 1. The lowest BCUT2D eigenvalue weighted by molar-refractivity contribution is -0.314. The number of carboxylic acid groups (broad SMARTS) is 1. The van der Waals surface area contributed by atoms with E-state index in [-0.39, 0.29) is 17.7 Å². The number of carbonyl (C=O) groups excluding carboxylic acids is 2. The van der Waals surface area contributed by atoms with Crippen molar-refractivity contribution in [1.29, 1.82) is 0 Å². The van der Waals surface area contributed by atoms with E-state index in [1.54, 1.807) is 0 Å². The summed E-state index contributed by atoms with van der Waals surface area (Å²) in [6.07, 6.45) is 3.68. The predicted octanol–water partition coefficient (Wildman–Crippen LogP) is 1.60. The molecule has 0 aromatic heterocycles. The number of carboxylic acids is 1. The minimum atomic E-state index is -1.07. The SMILES string of the molecule is CCc1ccc(NC(=O)[C@@H]2[C@H]3CC[C@@H](C3)[C@@H]2C(=O)[O-])cc1. The van der Waals surface area contributed by atoms with Crippen LogP contribution in [0.15, 0.2) is 24.3 Å². The van der Waals surface area contributed by atoms with Crippen LogP contribution in [0.2, 0.25) is 0 Å². The van der Waals surface area contributed by atoms with E-state index in [9.17, 15) is 14.7 Å². The second-order valence-electron chi connectivity index (χ2n) is 6.24. The fourth-order valence-corrected chi connectivity index (χ4v) is 4.06. The third-order valence-corrected chi connectivity index (χ3v) is 5.12. The lowest BCUT2D eigenvalue weighted by Gasteiger charge is -2.30. The largest absolute Gasteiger partial charge is 0.550 e. The van der Waals surface area contributed by atoms with Crippen molar-refractivity contribution in [3.8, 4) is 0 Å². The Morgan fingerprint density at radius 1 is 1.14 bits per heavy atom. The maximum Gasteiger partial charge on any atom is 0.228 e. The molecule has 2 aliphatic rings. The summed E-state index contributed by atoms with van der Waals surface area (Å²) in [5.74, 6) is -1.95. The lowest BCUT2D eigenvalue weighted by Crippen LogP contribution is -2.43. The highest BCUT2D eigenvalue weighted by molar-refractivity contribution is 5.95. The first-order chi connectivity index (χ1) is 10.1. The number of aliphatic carboxylic acids is 1. The van der Waals surface area contributed by atoms with Crippen LogP contribution in [-0.4, -0.2) is 11.9 Å². The Kier molecular flexibility index (Phi) is 3.70. The molecule has 0 unspecified atom stereocenters. The third-order valence-electron chi connectivity index (χ3n) is 5.12. The smallest absolute Gasteiger partial charge is 0.228 e. The van der Waals surface area contributed by atoms with E-state index in [1.807, 2.05) is 24.3 Å². The van der Waals surface area contributed by atoms with Gasteiger partial charge in [-0.3, -0.25) is 4.79 Å². The Balaban J connectivity index is 1.73. The summed E-state index contributed by atoms with van der Waals surface area (Å²) in [6.45, 7) is 2.08. The fourth-order valence-electron chi connectivity index (χ4n) is 4.06. The predicted molar refractivity (Wildman–Crippen MR) is 77.3 cm³/mol. The van der Waals surface area contributed by atoms with Gasteiger partial charge in [-0.15, -0.1) is 0 Å². The van der Waals surface area contributed by atoms with Crippen LogP contribution in [0, 0.1) is 23.7 Å². The summed E-state index contributed by atoms with van der Waals surface area (Å²) in [5, 5.41) is 14.2. The molecule has 4 nitrogen and oxygen atoms in total. The second-order valence-corrected chi connectivity index (χ2v) is 6.24. The van der Waals surface area contributed by atoms with E-state index >= 15 is 0 Å². The van der Waals surface area contributed by atoms with Gasteiger partial charge in [0.2, 0.25) is 5.91 Å². The van der Waals surface area contributed by atoms with Crippen LogP contribution in [0.4, 0.5) is 5.69 Å². The maximum absolute atomic E-state index is 12.5. The molecule has 1 aromatic rings. The van der Waals surface area contributed by atoms with Gasteiger partial charge in [-0.25, -0.2) is 0 Å². The molecule has 1 N–H and O–H groups in total. The monoisotopic (exact) mass is 286 g/mol. The molecule has 1 amide bonds. The van der Waals surface area contributed by atoms with Crippen molar-refractivity contribution in [1.82, 2.24) is 0 Å². The molecule has 0 aliphatic heterocycles. The van der Waals surface area contributed by atoms with Crippen LogP contribution in [-0.2, 0) is 16.0 Å². The van der Waals surface area contributed by atoms with Crippen molar-refractivity contribution in [3.63, 3.8) is 0 Å². The van der Waals surface area contributed by atoms with Gasteiger partial charge in [-0.05, 0) is 55.2 Å². The van der Waals surface area contributed by atoms with Crippen LogP contribution >= 0.6 is 0 Å². The summed E-state index contributed by atoms with van der Waals surface area (Å²) in [4.78, 5) is 23.8. The van der Waals surface area contributed by atoms with E-state index < -0.39 is 17.8 Å². The van der Waals surface area contributed by atoms with E-state index in [1.165, 1.54) is 5.56 Å². The Hall–Kier alpha value is -1.84. The molecule has 4 heteroatoms. The first-order valence-corrected chi connectivity index (χ1v) is 7.70. The highest BCUT2D eigenvalue weighted by Gasteiger charge is 2.51. The van der Waals surface area contributed by atoms with Crippen LogP contribution < -0.4 is 10.4 Å². The molecule has 1 aromatic carbocycles. The molecular weight excluding hydrogens is 266 g/mol. The molecule has 21 heavy (non-hydrogen) atoms. The molecule has 0 heterocycles. The standard InChI is InChI=1S/C17H21NO3/c1-2-10-3-7-13(8-4-10)18-16(19)14-11-5-6-12(9-11)15(14)17(20)21/h3-4,7-8,11-12,14-15H,2,5-6,9H2,1H3,(H,18,19)(H,20,21)/p-1/t11-,12-,14+,15-/m0/s1.